The number of hydrogen-bond acceptors (Lipinski definition) is 7. The van der Waals surface area contributed by atoms with Gasteiger partial charge < -0.3 is 21.1 Å². The van der Waals surface area contributed by atoms with Gasteiger partial charge in [-0.25, -0.2) is 15.0 Å². The monoisotopic (exact) mass is 561 g/mol. The number of hydrogen-bond donors (Lipinski definition) is 3. The van der Waals surface area contributed by atoms with Gasteiger partial charge in [0.2, 0.25) is 0 Å². The molecule has 4 N–H and O–H groups in total. The van der Waals surface area contributed by atoms with Crippen molar-refractivity contribution >= 4 is 28.8 Å². The number of pyridine rings is 1. The smallest absolute Gasteiger partial charge is 0.255 e. The van der Waals surface area contributed by atoms with Gasteiger partial charge in [0.1, 0.15) is 11.5 Å². The molecule has 0 bridgehead atoms. The van der Waals surface area contributed by atoms with Gasteiger partial charge in [0.05, 0.1) is 46.0 Å². The molecule has 1 aliphatic rings. The van der Waals surface area contributed by atoms with E-state index in [4.69, 9.17) is 20.4 Å². The first-order valence-electron chi connectivity index (χ1n) is 13.8. The number of para-hydroxylation sites is 2. The second kappa shape index (κ2) is 11.1. The Morgan fingerprint density at radius 1 is 0.976 bits per heavy atom. The molecule has 0 saturated heterocycles. The molecule has 2 aromatic carbocycles. The van der Waals surface area contributed by atoms with Crippen molar-refractivity contribution in [2.45, 2.75) is 25.2 Å². The lowest BCUT2D eigenvalue weighted by molar-refractivity contribution is 0.0936. The van der Waals surface area contributed by atoms with Crippen LogP contribution in [0.4, 0.5) is 11.4 Å². The van der Waals surface area contributed by atoms with Crippen molar-refractivity contribution in [3.05, 3.63) is 107 Å². The minimum atomic E-state index is -0.324. The fourth-order valence-corrected chi connectivity index (χ4v) is 5.21. The van der Waals surface area contributed by atoms with Crippen molar-refractivity contribution < 1.29 is 14.3 Å². The number of methoxy groups -OCH3 is 1. The highest BCUT2D eigenvalue weighted by Crippen LogP contribution is 2.52. The Labute approximate surface area is 243 Å². The van der Waals surface area contributed by atoms with Crippen LogP contribution in [0, 0.1) is 6.92 Å². The van der Waals surface area contributed by atoms with Gasteiger partial charge in [-0.1, -0.05) is 24.3 Å². The average Bonchev–Trinajstić information content (AvgIpc) is 3.75. The zero-order valence-electron chi connectivity index (χ0n) is 23.4. The van der Waals surface area contributed by atoms with Gasteiger partial charge in [0.15, 0.2) is 0 Å². The molecule has 1 fully saturated rings. The molecule has 0 unspecified atom stereocenters. The number of aromatic nitrogens is 4. The van der Waals surface area contributed by atoms with Gasteiger partial charge in [-0.2, -0.15) is 0 Å². The van der Waals surface area contributed by atoms with Crippen LogP contribution in [0.25, 0.3) is 17.0 Å². The summed E-state index contributed by atoms with van der Waals surface area (Å²) in [6.07, 6.45) is 5.36. The van der Waals surface area contributed by atoms with Crippen LogP contribution in [0.3, 0.4) is 0 Å². The van der Waals surface area contributed by atoms with E-state index >= 15 is 0 Å². The molecule has 2 amide bonds. The molecule has 0 radical (unpaired) electrons. The molecular formula is C32H31N7O3. The van der Waals surface area contributed by atoms with Crippen LogP contribution < -0.4 is 16.4 Å². The highest BCUT2D eigenvalue weighted by molar-refractivity contribution is 6.05. The van der Waals surface area contributed by atoms with E-state index in [1.807, 2.05) is 59.9 Å². The quantitative estimate of drug-likeness (QED) is 0.179. The maximum Gasteiger partial charge on any atom is 0.255 e. The fourth-order valence-electron chi connectivity index (χ4n) is 5.21. The molecule has 5 aromatic rings. The lowest BCUT2D eigenvalue weighted by Gasteiger charge is -2.16. The summed E-state index contributed by atoms with van der Waals surface area (Å²) in [4.78, 5) is 39.9. The molecule has 6 rings (SSSR count). The van der Waals surface area contributed by atoms with E-state index in [1.165, 1.54) is 0 Å². The van der Waals surface area contributed by atoms with E-state index in [9.17, 15) is 9.59 Å². The first-order valence-corrected chi connectivity index (χ1v) is 13.8. The Bertz CT molecular complexity index is 1790. The molecule has 42 heavy (non-hydrogen) atoms. The third-order valence-corrected chi connectivity index (χ3v) is 7.63. The minimum absolute atomic E-state index is 0.184. The van der Waals surface area contributed by atoms with Crippen molar-refractivity contribution in [1.82, 2.24) is 24.7 Å². The highest BCUT2D eigenvalue weighted by Gasteiger charge is 2.48. The van der Waals surface area contributed by atoms with Crippen molar-refractivity contribution in [1.29, 1.82) is 0 Å². The molecule has 10 nitrogen and oxygen atoms in total. The number of amides is 2. The first-order chi connectivity index (χ1) is 20.4. The number of benzene rings is 2. The van der Waals surface area contributed by atoms with E-state index in [1.54, 1.807) is 37.7 Å². The van der Waals surface area contributed by atoms with E-state index in [2.05, 4.69) is 15.6 Å². The van der Waals surface area contributed by atoms with Crippen molar-refractivity contribution in [2.24, 2.45) is 0 Å². The third-order valence-electron chi connectivity index (χ3n) is 7.63. The van der Waals surface area contributed by atoms with Crippen LogP contribution in [0.1, 0.15) is 50.6 Å². The van der Waals surface area contributed by atoms with Crippen LogP contribution in [0.5, 0.6) is 0 Å². The number of nitrogens with one attached hydrogen (secondary N) is 2. The number of carbonyl (C=O) groups is 2. The van der Waals surface area contributed by atoms with Crippen LogP contribution in [0.2, 0.25) is 0 Å². The lowest BCUT2D eigenvalue weighted by Crippen LogP contribution is -2.27. The molecule has 0 aliphatic heterocycles. The Hall–Kier alpha value is -5.09. The number of nitrogen functional groups attached to an aromatic ring is 1. The number of nitrogens with zero attached hydrogens (tertiary/aromatic N) is 4. The number of imidazole rings is 1. The van der Waals surface area contributed by atoms with Crippen LogP contribution in [0.15, 0.2) is 79.1 Å². The standard InChI is InChI=1S/C32H31N7O3/c1-20-28(39-19-22(9-12-27(39)36-20)29(40)34-17-18-42-2)26-13-16-35-31(38-26)32(14-15-32)23-10-7-21(8-11-23)30(41)37-25-6-4-3-5-24(25)33/h3-13,16,19H,14-15,17-18,33H2,1-2H3,(H,34,40)(H,37,41). The van der Waals surface area contributed by atoms with Crippen molar-refractivity contribution in [2.75, 3.05) is 31.3 Å². The molecule has 212 valence electrons. The van der Waals surface area contributed by atoms with Gasteiger partial charge >= 0.3 is 0 Å². The number of nitrogens with two attached hydrogens (primary N) is 1. The summed E-state index contributed by atoms with van der Waals surface area (Å²) in [5.41, 5.74) is 11.9. The van der Waals surface area contributed by atoms with Crippen molar-refractivity contribution in [3.8, 4) is 11.4 Å². The SMILES string of the molecule is COCCNC(=O)c1ccc2nc(C)c(-c3ccnc(C4(c5ccc(C(=O)Nc6ccccc6N)cc5)CC4)n3)n2c1. The zero-order chi connectivity index (χ0) is 29.3. The number of ether oxygens (including phenoxy) is 1. The average molecular weight is 562 g/mol. The molecular weight excluding hydrogens is 530 g/mol. The largest absolute Gasteiger partial charge is 0.397 e. The molecule has 1 aliphatic carbocycles. The summed E-state index contributed by atoms with van der Waals surface area (Å²) in [7, 11) is 1.60. The lowest BCUT2D eigenvalue weighted by atomic mass is 9.93. The van der Waals surface area contributed by atoms with E-state index in [-0.39, 0.29) is 17.2 Å². The molecule has 3 aromatic heterocycles. The summed E-state index contributed by atoms with van der Waals surface area (Å²) >= 11 is 0. The predicted molar refractivity (Wildman–Crippen MR) is 160 cm³/mol. The summed E-state index contributed by atoms with van der Waals surface area (Å²) in [6.45, 7) is 2.80. The van der Waals surface area contributed by atoms with E-state index in [0.29, 0.717) is 35.7 Å². The highest BCUT2D eigenvalue weighted by atomic mass is 16.5. The van der Waals surface area contributed by atoms with Gasteiger partial charge in [-0.3, -0.25) is 14.0 Å². The number of anilines is 2. The van der Waals surface area contributed by atoms with Gasteiger partial charge in [0.25, 0.3) is 11.8 Å². The Balaban J connectivity index is 1.27. The van der Waals surface area contributed by atoms with Gasteiger partial charge in [-0.05, 0) is 67.8 Å². The zero-order valence-corrected chi connectivity index (χ0v) is 23.4. The summed E-state index contributed by atoms with van der Waals surface area (Å²) in [6, 6.07) is 20.2. The molecule has 3 heterocycles. The maximum atomic E-state index is 12.8. The number of aryl methyl sites for hydroxylation is 1. The second-order valence-corrected chi connectivity index (χ2v) is 10.4. The second-order valence-electron chi connectivity index (χ2n) is 10.4. The summed E-state index contributed by atoms with van der Waals surface area (Å²) < 4.78 is 6.93. The maximum absolute atomic E-state index is 12.8. The number of carbonyl (C=O) groups excluding carboxylic acids is 2. The Kier molecular flexibility index (Phi) is 7.13. The molecule has 0 atom stereocenters. The summed E-state index contributed by atoms with van der Waals surface area (Å²) in [5, 5.41) is 5.73. The number of fused-ring (bicyclic) bond motifs is 1. The number of rotatable bonds is 9. The van der Waals surface area contributed by atoms with Gasteiger partial charge in [0, 0.05) is 31.6 Å². The third kappa shape index (κ3) is 5.08. The van der Waals surface area contributed by atoms with Crippen molar-refractivity contribution in [3.63, 3.8) is 0 Å². The Morgan fingerprint density at radius 2 is 1.74 bits per heavy atom. The minimum Gasteiger partial charge on any atom is -0.397 e. The normalized spacial score (nSPS) is 13.6. The van der Waals surface area contributed by atoms with E-state index < -0.39 is 0 Å². The Morgan fingerprint density at radius 3 is 2.48 bits per heavy atom. The van der Waals surface area contributed by atoms with Crippen LogP contribution in [-0.4, -0.2) is 51.4 Å². The molecule has 1 saturated carbocycles. The van der Waals surface area contributed by atoms with E-state index in [0.717, 1.165) is 47.0 Å². The molecule has 10 heteroatoms. The van der Waals surface area contributed by atoms with Gasteiger partial charge in [-0.15, -0.1) is 0 Å². The van der Waals surface area contributed by atoms with Crippen LogP contribution >= 0.6 is 0 Å². The predicted octanol–water partition coefficient (Wildman–Crippen LogP) is 4.39. The summed E-state index contributed by atoms with van der Waals surface area (Å²) in [5.74, 6) is 0.311. The molecule has 0 spiro atoms. The topological polar surface area (TPSA) is 137 Å². The first kappa shape index (κ1) is 27.1. The van der Waals surface area contributed by atoms with Crippen LogP contribution in [-0.2, 0) is 10.2 Å². The fraction of sp³-hybridized carbons (Fsp3) is 0.219.